The maximum atomic E-state index is 11.6. The van der Waals surface area contributed by atoms with Gasteiger partial charge in [-0.1, -0.05) is 12.1 Å². The molecule has 2 N–H and O–H groups in total. The molecule has 0 amide bonds. The summed E-state index contributed by atoms with van der Waals surface area (Å²) in [6.45, 7) is 1.36. The zero-order valence-corrected chi connectivity index (χ0v) is 9.94. The third-order valence-corrected chi connectivity index (χ3v) is 3.83. The van der Waals surface area contributed by atoms with Crippen molar-refractivity contribution >= 4 is 22.7 Å². The predicted molar refractivity (Wildman–Crippen MR) is 62.3 cm³/mol. The summed E-state index contributed by atoms with van der Waals surface area (Å²) in [5.41, 5.74) is 0.652. The van der Waals surface area contributed by atoms with Crippen LogP contribution in [0.1, 0.15) is 22.8 Å². The summed E-state index contributed by atoms with van der Waals surface area (Å²) < 4.78 is 11.6. The van der Waals surface area contributed by atoms with Crippen molar-refractivity contribution in [2.75, 3.05) is 0 Å². The fourth-order valence-electron chi connectivity index (χ4n) is 1.20. The molecule has 0 radical (unpaired) electrons. The van der Waals surface area contributed by atoms with Crippen LogP contribution in [0.2, 0.25) is 0 Å². The molecule has 5 nitrogen and oxygen atoms in total. The van der Waals surface area contributed by atoms with E-state index in [4.69, 9.17) is 10.2 Å². The average Bonchev–Trinajstić information content (AvgIpc) is 2.28. The SMILES string of the molecule is CC(C(=O)O)S(=O)Cc1cccc(C(=O)O)c1. The molecule has 0 heterocycles. The zero-order chi connectivity index (χ0) is 13.0. The van der Waals surface area contributed by atoms with Crippen LogP contribution in [-0.4, -0.2) is 31.6 Å². The van der Waals surface area contributed by atoms with Crippen molar-refractivity contribution in [3.8, 4) is 0 Å². The summed E-state index contributed by atoms with van der Waals surface area (Å²) >= 11 is 0. The number of carboxylic acids is 2. The molecule has 17 heavy (non-hydrogen) atoms. The van der Waals surface area contributed by atoms with Crippen molar-refractivity contribution in [1.29, 1.82) is 0 Å². The largest absolute Gasteiger partial charge is 0.480 e. The first-order valence-corrected chi connectivity index (χ1v) is 6.22. The molecule has 2 atom stereocenters. The number of carbonyl (C=O) groups is 2. The number of rotatable bonds is 5. The van der Waals surface area contributed by atoms with E-state index in [1.165, 1.54) is 19.1 Å². The Morgan fingerprint density at radius 2 is 2.00 bits per heavy atom. The van der Waals surface area contributed by atoms with Gasteiger partial charge < -0.3 is 10.2 Å². The topological polar surface area (TPSA) is 91.7 Å². The van der Waals surface area contributed by atoms with Gasteiger partial charge in [-0.15, -0.1) is 0 Å². The van der Waals surface area contributed by atoms with Gasteiger partial charge in [0.25, 0.3) is 0 Å². The minimum atomic E-state index is -1.56. The smallest absolute Gasteiger partial charge is 0.335 e. The molecule has 0 aliphatic carbocycles. The van der Waals surface area contributed by atoms with E-state index in [1.807, 2.05) is 0 Å². The number of carboxylic acid groups (broad SMARTS) is 2. The molecule has 0 aliphatic heterocycles. The van der Waals surface area contributed by atoms with Gasteiger partial charge in [0.05, 0.1) is 5.56 Å². The maximum Gasteiger partial charge on any atom is 0.335 e. The molecule has 1 rings (SSSR count). The Labute approximate surface area is 101 Å². The lowest BCUT2D eigenvalue weighted by Crippen LogP contribution is -2.22. The number of hydrogen-bond donors (Lipinski definition) is 2. The van der Waals surface area contributed by atoms with E-state index in [0.29, 0.717) is 5.56 Å². The molecule has 92 valence electrons. The van der Waals surface area contributed by atoms with E-state index >= 15 is 0 Å². The van der Waals surface area contributed by atoms with Crippen molar-refractivity contribution in [2.24, 2.45) is 0 Å². The van der Waals surface area contributed by atoms with E-state index in [2.05, 4.69) is 0 Å². The summed E-state index contributed by atoms with van der Waals surface area (Å²) in [6, 6.07) is 5.99. The molecular weight excluding hydrogens is 244 g/mol. The molecule has 1 aromatic carbocycles. The van der Waals surface area contributed by atoms with Crippen LogP contribution in [0.15, 0.2) is 24.3 Å². The van der Waals surface area contributed by atoms with Gasteiger partial charge in [0.15, 0.2) is 0 Å². The van der Waals surface area contributed by atoms with E-state index in [9.17, 15) is 13.8 Å². The number of aliphatic carboxylic acids is 1. The van der Waals surface area contributed by atoms with Gasteiger partial charge >= 0.3 is 11.9 Å². The van der Waals surface area contributed by atoms with Crippen LogP contribution in [0.4, 0.5) is 0 Å². The fourth-order valence-corrected chi connectivity index (χ4v) is 2.18. The molecular formula is C11H12O5S. The van der Waals surface area contributed by atoms with Gasteiger partial charge in [-0.2, -0.15) is 0 Å². The van der Waals surface area contributed by atoms with E-state index in [1.54, 1.807) is 12.1 Å². The lowest BCUT2D eigenvalue weighted by atomic mass is 10.1. The molecule has 2 unspecified atom stereocenters. The van der Waals surface area contributed by atoms with Crippen molar-refractivity contribution in [2.45, 2.75) is 17.9 Å². The molecule has 0 saturated heterocycles. The molecule has 0 fully saturated rings. The summed E-state index contributed by atoms with van der Waals surface area (Å²) in [5.74, 6) is -2.16. The molecule has 1 aromatic rings. The van der Waals surface area contributed by atoms with E-state index < -0.39 is 28.0 Å². The Kier molecular flexibility index (Phi) is 4.39. The number of hydrogen-bond acceptors (Lipinski definition) is 3. The highest BCUT2D eigenvalue weighted by Gasteiger charge is 2.19. The first-order chi connectivity index (χ1) is 7.91. The standard InChI is InChI=1S/C11H12O5S/c1-7(10(12)13)17(16)6-8-3-2-4-9(5-8)11(14)15/h2-5,7H,6H2,1H3,(H,12,13)(H,14,15). The van der Waals surface area contributed by atoms with Crippen molar-refractivity contribution < 1.29 is 24.0 Å². The summed E-state index contributed by atoms with van der Waals surface area (Å²) in [7, 11) is -1.56. The lowest BCUT2D eigenvalue weighted by molar-refractivity contribution is -0.136. The first kappa shape index (κ1) is 13.4. The minimum absolute atomic E-state index is 0.0363. The minimum Gasteiger partial charge on any atom is -0.480 e. The van der Waals surface area contributed by atoms with Crippen molar-refractivity contribution in [3.05, 3.63) is 35.4 Å². The number of benzene rings is 1. The van der Waals surface area contributed by atoms with Crippen LogP contribution in [0.25, 0.3) is 0 Å². The van der Waals surface area contributed by atoms with Gasteiger partial charge in [-0.3, -0.25) is 9.00 Å². The molecule has 0 aromatic heterocycles. The maximum absolute atomic E-state index is 11.6. The van der Waals surface area contributed by atoms with Crippen molar-refractivity contribution in [3.63, 3.8) is 0 Å². The fraction of sp³-hybridized carbons (Fsp3) is 0.273. The molecule has 0 spiro atoms. The molecule has 0 saturated carbocycles. The van der Waals surface area contributed by atoms with Crippen LogP contribution in [0.3, 0.4) is 0 Å². The highest BCUT2D eigenvalue weighted by molar-refractivity contribution is 7.85. The summed E-state index contributed by atoms with van der Waals surface area (Å²) in [4.78, 5) is 21.3. The second-order valence-corrected chi connectivity index (χ2v) is 5.27. The van der Waals surface area contributed by atoms with Crippen LogP contribution in [0, 0.1) is 0 Å². The summed E-state index contributed by atoms with van der Waals surface area (Å²) in [5, 5.41) is 16.5. The highest BCUT2D eigenvalue weighted by Crippen LogP contribution is 2.10. The lowest BCUT2D eigenvalue weighted by Gasteiger charge is -2.07. The second-order valence-electron chi connectivity index (χ2n) is 3.51. The highest BCUT2D eigenvalue weighted by atomic mass is 32.2. The van der Waals surface area contributed by atoms with Gasteiger partial charge in [0.2, 0.25) is 0 Å². The molecule has 6 heteroatoms. The zero-order valence-electron chi connectivity index (χ0n) is 9.12. The summed E-state index contributed by atoms with van der Waals surface area (Å²) in [6.07, 6.45) is 0. The van der Waals surface area contributed by atoms with Crippen LogP contribution >= 0.6 is 0 Å². The Balaban J connectivity index is 2.82. The number of aromatic carboxylic acids is 1. The van der Waals surface area contributed by atoms with Crippen LogP contribution in [-0.2, 0) is 21.3 Å². The molecule has 0 aliphatic rings. The van der Waals surface area contributed by atoms with Gasteiger partial charge in [-0.25, -0.2) is 4.79 Å². The van der Waals surface area contributed by atoms with Gasteiger partial charge in [-0.05, 0) is 24.6 Å². The van der Waals surface area contributed by atoms with Gasteiger partial charge in [0, 0.05) is 16.6 Å². The van der Waals surface area contributed by atoms with Gasteiger partial charge in [0.1, 0.15) is 5.25 Å². The third kappa shape index (κ3) is 3.67. The normalized spacial score (nSPS) is 13.9. The second kappa shape index (κ2) is 5.58. The Morgan fingerprint density at radius 3 is 2.53 bits per heavy atom. The Bertz CT molecular complexity index is 469. The average molecular weight is 256 g/mol. The van der Waals surface area contributed by atoms with E-state index in [0.717, 1.165) is 0 Å². The Hall–Kier alpha value is -1.69. The van der Waals surface area contributed by atoms with Crippen LogP contribution < -0.4 is 0 Å². The van der Waals surface area contributed by atoms with Crippen molar-refractivity contribution in [1.82, 2.24) is 0 Å². The predicted octanol–water partition coefficient (Wildman–Crippen LogP) is 1.11. The molecule has 0 bridgehead atoms. The first-order valence-electron chi connectivity index (χ1n) is 4.84. The van der Waals surface area contributed by atoms with E-state index in [-0.39, 0.29) is 11.3 Å². The van der Waals surface area contributed by atoms with Crippen LogP contribution in [0.5, 0.6) is 0 Å². The quantitative estimate of drug-likeness (QED) is 0.823. The Morgan fingerprint density at radius 1 is 1.35 bits per heavy atom. The third-order valence-electron chi connectivity index (χ3n) is 2.22. The monoisotopic (exact) mass is 256 g/mol.